The van der Waals surface area contributed by atoms with Gasteiger partial charge in [-0.2, -0.15) is 0 Å². The van der Waals surface area contributed by atoms with Crippen LogP contribution in [0.4, 0.5) is 0 Å². The Morgan fingerprint density at radius 1 is 0.492 bits per heavy atom. The van der Waals surface area contributed by atoms with Gasteiger partial charge in [0.25, 0.3) is 0 Å². The highest BCUT2D eigenvalue weighted by atomic mass is 16.7. The standard InChI is InChI=1S/C51H96O14/c1-3-5-7-9-10-11-12-13-14-15-16-17-18-19-20-21-22-23-24-25-26-27-28-29-31-33-35-60-37-40(63-43(53)34-32-30-8-6-4-2)38-61-50-49(59)47(57)45(55)42(65-50)39-62-51-48(58)46(56)44(54)41(36-52)64-51/h15-16,40-42,44-52,54-59H,3-14,17-39H2,1-2H3/b16-15-. The number of esters is 1. The van der Waals surface area contributed by atoms with Crippen molar-refractivity contribution >= 4 is 5.97 Å². The third-order valence-electron chi connectivity index (χ3n) is 12.8. The van der Waals surface area contributed by atoms with Crippen LogP contribution in [0.15, 0.2) is 12.2 Å². The van der Waals surface area contributed by atoms with Gasteiger partial charge >= 0.3 is 5.97 Å². The molecule has 0 saturated carbocycles. The molecule has 2 aliphatic rings. The van der Waals surface area contributed by atoms with Crippen molar-refractivity contribution in [3.63, 3.8) is 0 Å². The summed E-state index contributed by atoms with van der Waals surface area (Å²) < 4.78 is 34.1. The quantitative estimate of drug-likeness (QED) is 0.0176. The first-order valence-electron chi connectivity index (χ1n) is 26.3. The summed E-state index contributed by atoms with van der Waals surface area (Å²) in [6, 6.07) is 0. The lowest BCUT2D eigenvalue weighted by Crippen LogP contribution is -2.61. The van der Waals surface area contributed by atoms with E-state index in [2.05, 4.69) is 26.0 Å². The predicted octanol–water partition coefficient (Wildman–Crippen LogP) is 7.85. The van der Waals surface area contributed by atoms with Gasteiger partial charge in [0.1, 0.15) is 54.9 Å². The lowest BCUT2D eigenvalue weighted by Gasteiger charge is -2.42. The van der Waals surface area contributed by atoms with Gasteiger partial charge in [-0.25, -0.2) is 0 Å². The summed E-state index contributed by atoms with van der Waals surface area (Å²) in [5.74, 6) is -0.386. The van der Waals surface area contributed by atoms with E-state index in [4.69, 9.17) is 28.4 Å². The van der Waals surface area contributed by atoms with Gasteiger partial charge in [-0.3, -0.25) is 4.79 Å². The summed E-state index contributed by atoms with van der Waals surface area (Å²) in [7, 11) is 0. The number of unbranched alkanes of at least 4 members (excludes halogenated alkanes) is 26. The molecule has 0 amide bonds. The zero-order chi connectivity index (χ0) is 47.3. The second-order valence-electron chi connectivity index (χ2n) is 18.7. The van der Waals surface area contributed by atoms with Crippen LogP contribution in [0, 0.1) is 0 Å². The van der Waals surface area contributed by atoms with Gasteiger partial charge in [0.05, 0.1) is 26.4 Å². The fraction of sp³-hybridized carbons (Fsp3) is 0.941. The number of hydrogen-bond donors (Lipinski definition) is 7. The number of carbonyl (C=O) groups is 1. The zero-order valence-electron chi connectivity index (χ0n) is 40.7. The molecule has 0 aromatic carbocycles. The van der Waals surface area contributed by atoms with Crippen LogP contribution in [0.25, 0.3) is 0 Å². The summed E-state index contributed by atoms with van der Waals surface area (Å²) in [5.41, 5.74) is 0. The SMILES string of the molecule is CCCCCCCCCC/C=C\CCCCCCCCCCCCCCCCOCC(COC1OC(COC2OC(CO)C(O)C(O)C2O)C(O)C(O)C1O)OC(=O)CCCCCCC. The largest absolute Gasteiger partial charge is 0.457 e. The number of carbonyl (C=O) groups excluding carboxylic acids is 1. The molecule has 0 radical (unpaired) electrons. The van der Waals surface area contributed by atoms with Crippen molar-refractivity contribution in [1.29, 1.82) is 0 Å². The van der Waals surface area contributed by atoms with E-state index in [1.165, 1.54) is 135 Å². The van der Waals surface area contributed by atoms with E-state index < -0.39 is 80.7 Å². The molecule has 14 heteroatoms. The van der Waals surface area contributed by atoms with E-state index in [0.29, 0.717) is 13.0 Å². The normalized spacial score (nSPS) is 26.5. The van der Waals surface area contributed by atoms with Crippen LogP contribution < -0.4 is 0 Å². The van der Waals surface area contributed by atoms with Crippen molar-refractivity contribution in [3.8, 4) is 0 Å². The van der Waals surface area contributed by atoms with Crippen molar-refractivity contribution in [2.75, 3.05) is 33.0 Å². The Balaban J connectivity index is 1.59. The molecule has 11 atom stereocenters. The van der Waals surface area contributed by atoms with E-state index in [-0.39, 0.29) is 25.6 Å². The molecule has 65 heavy (non-hydrogen) atoms. The Kier molecular flexibility index (Phi) is 36.4. The van der Waals surface area contributed by atoms with Gasteiger partial charge in [-0.1, -0.05) is 174 Å². The fourth-order valence-corrected chi connectivity index (χ4v) is 8.46. The van der Waals surface area contributed by atoms with E-state index >= 15 is 0 Å². The topological polar surface area (TPSA) is 214 Å². The Morgan fingerprint density at radius 3 is 1.40 bits per heavy atom. The number of aliphatic hydroxyl groups is 7. The van der Waals surface area contributed by atoms with Gasteiger partial charge in [0, 0.05) is 13.0 Å². The number of aliphatic hydroxyl groups excluding tert-OH is 7. The smallest absolute Gasteiger partial charge is 0.306 e. The van der Waals surface area contributed by atoms with E-state index in [0.717, 1.165) is 44.9 Å². The van der Waals surface area contributed by atoms with Crippen molar-refractivity contribution in [1.82, 2.24) is 0 Å². The molecular weight excluding hydrogens is 837 g/mol. The Labute approximate surface area is 393 Å². The molecule has 0 aliphatic carbocycles. The van der Waals surface area contributed by atoms with Gasteiger partial charge in [-0.15, -0.1) is 0 Å². The van der Waals surface area contributed by atoms with Gasteiger partial charge in [-0.05, 0) is 38.5 Å². The third-order valence-corrected chi connectivity index (χ3v) is 12.8. The van der Waals surface area contributed by atoms with Crippen molar-refractivity contribution < 1.29 is 69.0 Å². The average Bonchev–Trinajstić information content (AvgIpc) is 3.30. The summed E-state index contributed by atoms with van der Waals surface area (Å²) >= 11 is 0. The Bertz CT molecular complexity index is 1130. The summed E-state index contributed by atoms with van der Waals surface area (Å²) in [5, 5.41) is 71.8. The molecule has 14 nitrogen and oxygen atoms in total. The molecule has 0 bridgehead atoms. The molecular formula is C51H96O14. The first-order valence-corrected chi connectivity index (χ1v) is 26.3. The van der Waals surface area contributed by atoms with Crippen LogP contribution in [-0.4, -0.2) is 142 Å². The second-order valence-corrected chi connectivity index (χ2v) is 18.7. The number of allylic oxidation sites excluding steroid dienone is 2. The highest BCUT2D eigenvalue weighted by Gasteiger charge is 2.47. The molecule has 2 aliphatic heterocycles. The van der Waals surface area contributed by atoms with Crippen molar-refractivity contribution in [2.45, 2.75) is 274 Å². The molecule has 11 unspecified atom stereocenters. The summed E-state index contributed by atoms with van der Waals surface area (Å²) in [6.07, 6.45) is 25.0. The fourth-order valence-electron chi connectivity index (χ4n) is 8.46. The highest BCUT2D eigenvalue weighted by Crippen LogP contribution is 2.26. The Morgan fingerprint density at radius 2 is 0.908 bits per heavy atom. The molecule has 2 fully saturated rings. The van der Waals surface area contributed by atoms with Gasteiger partial charge < -0.3 is 64.2 Å². The molecule has 2 rings (SSSR count). The van der Waals surface area contributed by atoms with Crippen LogP contribution in [-0.2, 0) is 33.2 Å². The van der Waals surface area contributed by atoms with E-state index in [1.54, 1.807) is 0 Å². The van der Waals surface area contributed by atoms with Crippen LogP contribution >= 0.6 is 0 Å². The van der Waals surface area contributed by atoms with Crippen LogP contribution in [0.1, 0.15) is 206 Å². The lowest BCUT2D eigenvalue weighted by molar-refractivity contribution is -0.332. The number of rotatable bonds is 42. The predicted molar refractivity (Wildman–Crippen MR) is 252 cm³/mol. The minimum absolute atomic E-state index is 0.0655. The summed E-state index contributed by atoms with van der Waals surface area (Å²) in [6.45, 7) is 3.61. The van der Waals surface area contributed by atoms with E-state index in [9.17, 15) is 40.5 Å². The minimum atomic E-state index is -1.70. The monoisotopic (exact) mass is 933 g/mol. The molecule has 384 valence electrons. The first kappa shape index (κ1) is 59.9. The molecule has 0 spiro atoms. The summed E-state index contributed by atoms with van der Waals surface area (Å²) in [4.78, 5) is 12.8. The van der Waals surface area contributed by atoms with Gasteiger partial charge in [0.2, 0.25) is 0 Å². The third kappa shape index (κ3) is 27.5. The van der Waals surface area contributed by atoms with Crippen molar-refractivity contribution in [3.05, 3.63) is 12.2 Å². The first-order chi connectivity index (χ1) is 31.6. The maximum atomic E-state index is 12.8. The van der Waals surface area contributed by atoms with Crippen LogP contribution in [0.2, 0.25) is 0 Å². The maximum absolute atomic E-state index is 12.8. The Hall–Kier alpha value is -1.27. The molecule has 7 N–H and O–H groups in total. The average molecular weight is 933 g/mol. The van der Waals surface area contributed by atoms with Gasteiger partial charge in [0.15, 0.2) is 12.6 Å². The molecule has 2 heterocycles. The minimum Gasteiger partial charge on any atom is -0.457 e. The van der Waals surface area contributed by atoms with E-state index in [1.807, 2.05) is 0 Å². The number of ether oxygens (including phenoxy) is 6. The second kappa shape index (κ2) is 39.6. The number of hydrogen-bond acceptors (Lipinski definition) is 14. The van der Waals surface area contributed by atoms with Crippen LogP contribution in [0.3, 0.4) is 0 Å². The van der Waals surface area contributed by atoms with Crippen LogP contribution in [0.5, 0.6) is 0 Å². The lowest BCUT2D eigenvalue weighted by atomic mass is 9.98. The highest BCUT2D eigenvalue weighted by molar-refractivity contribution is 5.69. The van der Waals surface area contributed by atoms with Crippen molar-refractivity contribution in [2.24, 2.45) is 0 Å². The molecule has 2 saturated heterocycles. The molecule has 0 aromatic heterocycles. The maximum Gasteiger partial charge on any atom is 0.306 e. The zero-order valence-corrected chi connectivity index (χ0v) is 40.7. The molecule has 0 aromatic rings.